The van der Waals surface area contributed by atoms with E-state index >= 15 is 0 Å². The van der Waals surface area contributed by atoms with Gasteiger partial charge in [-0.3, -0.25) is 4.79 Å². The van der Waals surface area contributed by atoms with Crippen LogP contribution in [0, 0.1) is 0 Å². The Morgan fingerprint density at radius 2 is 1.97 bits per heavy atom. The van der Waals surface area contributed by atoms with E-state index in [0.717, 1.165) is 18.4 Å². The van der Waals surface area contributed by atoms with Gasteiger partial charge in [-0.1, -0.05) is 41.4 Å². The first kappa shape index (κ1) is 22.1. The van der Waals surface area contributed by atoms with Gasteiger partial charge in [0.1, 0.15) is 4.90 Å². The van der Waals surface area contributed by atoms with Crippen LogP contribution in [-0.2, 0) is 21.3 Å². The molecule has 1 atom stereocenters. The van der Waals surface area contributed by atoms with Gasteiger partial charge in [-0.15, -0.1) is 0 Å². The molecule has 29 heavy (non-hydrogen) atoms. The highest BCUT2D eigenvalue weighted by atomic mass is 35.5. The van der Waals surface area contributed by atoms with Crippen LogP contribution in [0.25, 0.3) is 0 Å². The smallest absolute Gasteiger partial charge is 0.253 e. The number of carbonyl (C=O) groups is 1. The zero-order valence-corrected chi connectivity index (χ0v) is 18.2. The summed E-state index contributed by atoms with van der Waals surface area (Å²) in [7, 11) is -2.25. The fourth-order valence-corrected chi connectivity index (χ4v) is 4.89. The molecule has 0 aromatic heterocycles. The van der Waals surface area contributed by atoms with E-state index in [9.17, 15) is 13.2 Å². The number of rotatable bonds is 7. The minimum atomic E-state index is -3.88. The van der Waals surface area contributed by atoms with Crippen LogP contribution < -0.4 is 4.72 Å². The van der Waals surface area contributed by atoms with Crippen molar-refractivity contribution >= 4 is 39.1 Å². The van der Waals surface area contributed by atoms with E-state index in [1.807, 2.05) is 18.2 Å². The second-order valence-corrected chi connectivity index (χ2v) is 9.43. The van der Waals surface area contributed by atoms with Crippen LogP contribution in [0.5, 0.6) is 0 Å². The first-order chi connectivity index (χ1) is 13.8. The second-order valence-electron chi connectivity index (χ2n) is 6.88. The predicted molar refractivity (Wildman–Crippen MR) is 113 cm³/mol. The molecule has 0 radical (unpaired) electrons. The minimum absolute atomic E-state index is 0.0511. The maximum atomic E-state index is 12.8. The van der Waals surface area contributed by atoms with Crippen LogP contribution in [0.15, 0.2) is 47.4 Å². The number of nitrogens with zero attached hydrogens (tertiary/aromatic N) is 1. The average molecular weight is 457 g/mol. The molecule has 1 aliphatic heterocycles. The highest BCUT2D eigenvalue weighted by Gasteiger charge is 2.24. The zero-order chi connectivity index (χ0) is 21.0. The number of halogens is 2. The van der Waals surface area contributed by atoms with E-state index in [2.05, 4.69) is 4.72 Å². The number of amides is 1. The quantitative estimate of drug-likeness (QED) is 0.688. The number of hydrogen-bond acceptors (Lipinski definition) is 4. The molecule has 156 valence electrons. The average Bonchev–Trinajstić information content (AvgIpc) is 3.21. The molecular weight excluding hydrogens is 435 g/mol. The molecule has 2 aromatic carbocycles. The first-order valence-corrected chi connectivity index (χ1v) is 11.4. The summed E-state index contributed by atoms with van der Waals surface area (Å²) in [6, 6.07) is 11.5. The lowest BCUT2D eigenvalue weighted by Crippen LogP contribution is -2.32. The number of benzene rings is 2. The van der Waals surface area contributed by atoms with Gasteiger partial charge in [-0.05, 0) is 42.7 Å². The van der Waals surface area contributed by atoms with Crippen LogP contribution in [0.3, 0.4) is 0 Å². The maximum absolute atomic E-state index is 12.8. The molecule has 2 aromatic rings. The Balaban J connectivity index is 1.76. The molecule has 1 aliphatic rings. The Morgan fingerprint density at radius 3 is 2.66 bits per heavy atom. The van der Waals surface area contributed by atoms with Crippen molar-refractivity contribution in [2.24, 2.45) is 0 Å². The van der Waals surface area contributed by atoms with E-state index in [1.165, 1.54) is 23.1 Å². The highest BCUT2D eigenvalue weighted by molar-refractivity contribution is 7.89. The van der Waals surface area contributed by atoms with Crippen LogP contribution in [-0.4, -0.2) is 45.5 Å². The summed E-state index contributed by atoms with van der Waals surface area (Å²) < 4.78 is 33.4. The third-order valence-corrected chi connectivity index (χ3v) is 6.98. The Labute approximate surface area is 180 Å². The Bertz CT molecular complexity index is 992. The van der Waals surface area contributed by atoms with E-state index in [-0.39, 0.29) is 34.0 Å². The summed E-state index contributed by atoms with van der Waals surface area (Å²) in [5.74, 6) is -0.336. The van der Waals surface area contributed by atoms with Crippen molar-refractivity contribution < 1.29 is 17.9 Å². The van der Waals surface area contributed by atoms with Gasteiger partial charge in [0.05, 0.1) is 11.1 Å². The lowest BCUT2D eigenvalue weighted by atomic mass is 10.1. The van der Waals surface area contributed by atoms with Crippen LogP contribution >= 0.6 is 23.2 Å². The molecule has 9 heteroatoms. The number of carbonyl (C=O) groups excluding carboxylic acids is 1. The van der Waals surface area contributed by atoms with Gasteiger partial charge in [0.2, 0.25) is 10.0 Å². The molecule has 6 nitrogen and oxygen atoms in total. The first-order valence-electron chi connectivity index (χ1n) is 9.17. The van der Waals surface area contributed by atoms with E-state index in [0.29, 0.717) is 18.2 Å². The van der Waals surface area contributed by atoms with Crippen LogP contribution in [0.4, 0.5) is 0 Å². The van der Waals surface area contributed by atoms with Gasteiger partial charge in [-0.25, -0.2) is 13.1 Å². The SMILES string of the molecule is CN(Cc1ccccc1Cl)C(=O)c1ccc(Cl)c(S(=O)(=O)NCC2CCCO2)c1. The fraction of sp³-hybridized carbons (Fsp3) is 0.350. The molecule has 0 spiro atoms. The summed E-state index contributed by atoms with van der Waals surface area (Å²) >= 11 is 12.3. The predicted octanol–water partition coefficient (Wildman–Crippen LogP) is 3.72. The third-order valence-electron chi connectivity index (χ3n) is 4.70. The topological polar surface area (TPSA) is 75.7 Å². The standard InChI is InChI=1S/C20H22Cl2N2O4S/c1-24(13-15-5-2-3-7-17(15)21)20(25)14-8-9-18(22)19(11-14)29(26,27)23-12-16-6-4-10-28-16/h2-3,5,7-9,11,16,23H,4,6,10,12-13H2,1H3. The van der Waals surface area contributed by atoms with Gasteiger partial charge in [0.15, 0.2) is 0 Å². The van der Waals surface area contributed by atoms with Crippen molar-refractivity contribution in [1.82, 2.24) is 9.62 Å². The van der Waals surface area contributed by atoms with Crippen molar-refractivity contribution in [2.75, 3.05) is 20.2 Å². The maximum Gasteiger partial charge on any atom is 0.253 e. The zero-order valence-electron chi connectivity index (χ0n) is 15.9. The molecule has 1 fully saturated rings. The summed E-state index contributed by atoms with van der Waals surface area (Å²) in [6.07, 6.45) is 1.58. The molecule has 3 rings (SSSR count). The Hall–Kier alpha value is -1.64. The molecule has 0 aliphatic carbocycles. The van der Waals surface area contributed by atoms with Gasteiger partial charge >= 0.3 is 0 Å². The summed E-state index contributed by atoms with van der Waals surface area (Å²) in [4.78, 5) is 14.2. The normalized spacial score (nSPS) is 16.7. The minimum Gasteiger partial charge on any atom is -0.377 e. The molecule has 1 N–H and O–H groups in total. The highest BCUT2D eigenvalue weighted by Crippen LogP contribution is 2.24. The Kier molecular flexibility index (Phi) is 7.19. The van der Waals surface area contributed by atoms with Gasteiger partial charge in [0, 0.05) is 37.3 Å². The van der Waals surface area contributed by atoms with Crippen molar-refractivity contribution in [3.8, 4) is 0 Å². The third kappa shape index (κ3) is 5.49. The van der Waals surface area contributed by atoms with E-state index in [4.69, 9.17) is 27.9 Å². The van der Waals surface area contributed by atoms with E-state index in [1.54, 1.807) is 13.1 Å². The van der Waals surface area contributed by atoms with Crippen molar-refractivity contribution in [2.45, 2.75) is 30.4 Å². The number of ether oxygens (including phenoxy) is 1. The molecule has 0 saturated carbocycles. The molecule has 0 bridgehead atoms. The lowest BCUT2D eigenvalue weighted by molar-refractivity contribution is 0.0785. The molecule has 1 saturated heterocycles. The largest absolute Gasteiger partial charge is 0.377 e. The number of nitrogens with one attached hydrogen (secondary N) is 1. The molecule has 1 unspecified atom stereocenters. The number of hydrogen-bond donors (Lipinski definition) is 1. The van der Waals surface area contributed by atoms with Gasteiger partial charge in [0.25, 0.3) is 5.91 Å². The van der Waals surface area contributed by atoms with Crippen LogP contribution in [0.2, 0.25) is 10.0 Å². The van der Waals surface area contributed by atoms with Crippen molar-refractivity contribution in [3.05, 3.63) is 63.6 Å². The summed E-state index contributed by atoms with van der Waals surface area (Å²) in [6.45, 7) is 1.10. The van der Waals surface area contributed by atoms with Crippen molar-refractivity contribution in [3.63, 3.8) is 0 Å². The van der Waals surface area contributed by atoms with Gasteiger partial charge in [-0.2, -0.15) is 0 Å². The molecule has 1 amide bonds. The van der Waals surface area contributed by atoms with Gasteiger partial charge < -0.3 is 9.64 Å². The van der Waals surface area contributed by atoms with E-state index < -0.39 is 10.0 Å². The summed E-state index contributed by atoms with van der Waals surface area (Å²) in [5, 5.41) is 0.611. The Morgan fingerprint density at radius 1 is 1.21 bits per heavy atom. The van der Waals surface area contributed by atoms with Crippen molar-refractivity contribution in [1.29, 1.82) is 0 Å². The lowest BCUT2D eigenvalue weighted by Gasteiger charge is -2.19. The molecule has 1 heterocycles. The second kappa shape index (κ2) is 9.45. The summed E-state index contributed by atoms with van der Waals surface area (Å²) in [5.41, 5.74) is 1.02. The fourth-order valence-electron chi connectivity index (χ4n) is 3.10. The van der Waals surface area contributed by atoms with Crippen LogP contribution in [0.1, 0.15) is 28.8 Å². The molecular formula is C20H22Cl2N2O4S. The number of sulfonamides is 1. The monoisotopic (exact) mass is 456 g/mol.